The number of allylic oxidation sites excluding steroid dienone is 4. The number of nitrogens with one attached hydrogen (secondary N) is 1. The number of benzene rings is 1. The monoisotopic (exact) mass is 446 g/mol. The van der Waals surface area contributed by atoms with Gasteiger partial charge in [0.2, 0.25) is 0 Å². The maximum absolute atomic E-state index is 4.69. The average molecular weight is 447 g/mol. The van der Waals surface area contributed by atoms with E-state index in [9.17, 15) is 0 Å². The van der Waals surface area contributed by atoms with Gasteiger partial charge in [0.15, 0.2) is 0 Å². The molecule has 1 N–H and O–H groups in total. The molecule has 0 atom stereocenters. The highest BCUT2D eigenvalue weighted by atomic mass is 14.9. The number of hydrogen-bond donors (Lipinski definition) is 1. The van der Waals surface area contributed by atoms with Gasteiger partial charge in [0.25, 0.3) is 0 Å². The summed E-state index contributed by atoms with van der Waals surface area (Å²) in [6.07, 6.45) is 9.02. The second-order valence-electron chi connectivity index (χ2n) is 11.4. The van der Waals surface area contributed by atoms with E-state index in [4.69, 9.17) is 4.99 Å². The molecule has 1 fully saturated rings. The highest BCUT2D eigenvalue weighted by Crippen LogP contribution is 2.45. The molecule has 2 heteroatoms. The van der Waals surface area contributed by atoms with Crippen LogP contribution in [0.2, 0.25) is 0 Å². The molecule has 0 aromatic heterocycles. The Morgan fingerprint density at radius 1 is 1.12 bits per heavy atom. The molecule has 0 bridgehead atoms. The van der Waals surface area contributed by atoms with E-state index in [1.54, 1.807) is 6.20 Å². The maximum Gasteiger partial charge on any atom is 0.0722 e. The second-order valence-corrected chi connectivity index (χ2v) is 11.4. The van der Waals surface area contributed by atoms with Crippen LogP contribution in [0.4, 0.5) is 5.69 Å². The third-order valence-electron chi connectivity index (χ3n) is 7.67. The van der Waals surface area contributed by atoms with Crippen molar-refractivity contribution < 1.29 is 0 Å². The lowest BCUT2D eigenvalue weighted by Crippen LogP contribution is -2.16. The van der Waals surface area contributed by atoms with Crippen molar-refractivity contribution in [2.45, 2.75) is 93.9 Å². The molecule has 2 rings (SSSR count). The first-order valence-corrected chi connectivity index (χ1v) is 12.5. The van der Waals surface area contributed by atoms with Crippen LogP contribution in [0.5, 0.6) is 0 Å². The van der Waals surface area contributed by atoms with E-state index >= 15 is 0 Å². The molecule has 0 spiro atoms. The smallest absolute Gasteiger partial charge is 0.0722 e. The largest absolute Gasteiger partial charge is 0.355 e. The van der Waals surface area contributed by atoms with Crippen LogP contribution in [0.25, 0.3) is 0 Å². The number of aliphatic imine (C=N–C) groups is 1. The van der Waals surface area contributed by atoms with E-state index in [2.05, 4.69) is 105 Å². The first kappa shape index (κ1) is 26.9. The predicted octanol–water partition coefficient (Wildman–Crippen LogP) is 9.58. The molecular formula is C31H46N2. The predicted molar refractivity (Wildman–Crippen MR) is 148 cm³/mol. The molecule has 1 aromatic carbocycles. The van der Waals surface area contributed by atoms with E-state index in [0.717, 1.165) is 22.7 Å². The minimum atomic E-state index is 0.0714. The van der Waals surface area contributed by atoms with Gasteiger partial charge in [0, 0.05) is 23.1 Å². The zero-order chi connectivity index (χ0) is 25.0. The SMILES string of the molecule is C=CN=C(/C=C(\C)C(C)(C)C)c1cc(C(C)C)ccc1NC(=C)/C(C)=C(\C)C1(C)CCCC1. The van der Waals surface area contributed by atoms with Crippen molar-refractivity contribution >= 4 is 11.4 Å². The third-order valence-corrected chi connectivity index (χ3v) is 7.67. The van der Waals surface area contributed by atoms with Gasteiger partial charge in [-0.2, -0.15) is 0 Å². The minimum Gasteiger partial charge on any atom is -0.355 e. The molecule has 1 aliphatic rings. The van der Waals surface area contributed by atoms with Crippen molar-refractivity contribution in [3.63, 3.8) is 0 Å². The van der Waals surface area contributed by atoms with Crippen molar-refractivity contribution in [2.24, 2.45) is 15.8 Å². The lowest BCUT2D eigenvalue weighted by molar-refractivity contribution is 0.411. The summed E-state index contributed by atoms with van der Waals surface area (Å²) in [6.45, 7) is 28.5. The van der Waals surface area contributed by atoms with Crippen LogP contribution in [0.3, 0.4) is 0 Å². The van der Waals surface area contributed by atoms with Gasteiger partial charge in [-0.05, 0) is 79.7 Å². The summed E-state index contributed by atoms with van der Waals surface area (Å²) in [6, 6.07) is 6.65. The summed E-state index contributed by atoms with van der Waals surface area (Å²) in [7, 11) is 0. The minimum absolute atomic E-state index is 0.0714. The highest BCUT2D eigenvalue weighted by molar-refractivity contribution is 6.13. The molecule has 1 aliphatic carbocycles. The highest BCUT2D eigenvalue weighted by Gasteiger charge is 2.31. The van der Waals surface area contributed by atoms with Crippen LogP contribution in [0.15, 0.2) is 71.0 Å². The Balaban J connectivity index is 2.54. The van der Waals surface area contributed by atoms with Gasteiger partial charge in [0.1, 0.15) is 0 Å². The van der Waals surface area contributed by atoms with Gasteiger partial charge in [-0.3, -0.25) is 4.99 Å². The zero-order valence-corrected chi connectivity index (χ0v) is 22.7. The van der Waals surface area contributed by atoms with Crippen LogP contribution in [-0.4, -0.2) is 5.71 Å². The summed E-state index contributed by atoms with van der Waals surface area (Å²) in [5.74, 6) is 0.435. The summed E-state index contributed by atoms with van der Waals surface area (Å²) >= 11 is 0. The second kappa shape index (κ2) is 10.7. The third kappa shape index (κ3) is 6.59. The van der Waals surface area contributed by atoms with Crippen LogP contribution < -0.4 is 5.32 Å². The van der Waals surface area contributed by atoms with Gasteiger partial charge >= 0.3 is 0 Å². The average Bonchev–Trinajstić information content (AvgIpc) is 3.19. The number of anilines is 1. The molecular weight excluding hydrogens is 400 g/mol. The van der Waals surface area contributed by atoms with E-state index in [1.165, 1.54) is 48.0 Å². The molecule has 1 aromatic rings. The molecule has 33 heavy (non-hydrogen) atoms. The lowest BCUT2D eigenvalue weighted by Gasteiger charge is -2.28. The van der Waals surface area contributed by atoms with Crippen LogP contribution in [-0.2, 0) is 0 Å². The normalized spacial score (nSPS) is 17.8. The molecule has 0 amide bonds. The van der Waals surface area contributed by atoms with E-state index in [-0.39, 0.29) is 5.41 Å². The quantitative estimate of drug-likeness (QED) is 0.312. The van der Waals surface area contributed by atoms with Crippen molar-refractivity contribution in [1.29, 1.82) is 0 Å². The van der Waals surface area contributed by atoms with Crippen molar-refractivity contribution in [1.82, 2.24) is 0 Å². The van der Waals surface area contributed by atoms with Gasteiger partial charge in [0.05, 0.1) is 5.71 Å². The fourth-order valence-electron chi connectivity index (χ4n) is 4.41. The van der Waals surface area contributed by atoms with Crippen LogP contribution >= 0.6 is 0 Å². The van der Waals surface area contributed by atoms with Crippen molar-refractivity contribution in [3.05, 3.63) is 77.2 Å². The van der Waals surface area contributed by atoms with E-state index in [0.29, 0.717) is 11.3 Å². The Bertz CT molecular complexity index is 971. The number of hydrogen-bond acceptors (Lipinski definition) is 2. The Labute approximate surface area is 203 Å². The van der Waals surface area contributed by atoms with Crippen molar-refractivity contribution in [3.8, 4) is 0 Å². The summed E-state index contributed by atoms with van der Waals surface area (Å²) < 4.78 is 0. The van der Waals surface area contributed by atoms with Crippen LogP contribution in [0, 0.1) is 10.8 Å². The molecule has 0 heterocycles. The molecule has 1 saturated carbocycles. The lowest BCUT2D eigenvalue weighted by atomic mass is 9.78. The molecule has 180 valence electrons. The molecule has 2 nitrogen and oxygen atoms in total. The fourth-order valence-corrected chi connectivity index (χ4v) is 4.41. The molecule has 0 saturated heterocycles. The summed E-state index contributed by atoms with van der Waals surface area (Å²) in [5, 5.41) is 3.65. The van der Waals surface area contributed by atoms with Gasteiger partial charge in [-0.15, -0.1) is 0 Å². The van der Waals surface area contributed by atoms with E-state index < -0.39 is 0 Å². The topological polar surface area (TPSA) is 24.4 Å². The number of nitrogens with zero attached hydrogens (tertiary/aromatic N) is 1. The Morgan fingerprint density at radius 3 is 2.24 bits per heavy atom. The van der Waals surface area contributed by atoms with E-state index in [1.807, 2.05) is 0 Å². The Morgan fingerprint density at radius 2 is 1.73 bits per heavy atom. The fraction of sp³-hybridized carbons (Fsp3) is 0.516. The molecule has 0 aliphatic heterocycles. The standard InChI is InChI=1S/C31H46N2/c1-12-32-29(19-22(4)30(8,9)10)27-20-26(21(2)3)15-16-28(27)33-25(7)23(5)24(6)31(11)17-13-14-18-31/h12,15-16,19-21,33H,1,7,13-14,17-18H2,2-6,8-11H3/b22-19+,24-23+,32-29?. The Hall–Kier alpha value is -2.35. The van der Waals surface area contributed by atoms with Gasteiger partial charge < -0.3 is 5.32 Å². The first-order chi connectivity index (χ1) is 15.3. The molecule has 0 unspecified atom stereocenters. The number of rotatable bonds is 8. The molecule has 0 radical (unpaired) electrons. The van der Waals surface area contributed by atoms with Crippen molar-refractivity contribution in [2.75, 3.05) is 5.32 Å². The summed E-state index contributed by atoms with van der Waals surface area (Å²) in [4.78, 5) is 4.69. The maximum atomic E-state index is 4.69. The van der Waals surface area contributed by atoms with Gasteiger partial charge in [-0.1, -0.05) is 84.8 Å². The van der Waals surface area contributed by atoms with Gasteiger partial charge in [-0.25, -0.2) is 0 Å². The summed E-state index contributed by atoms with van der Waals surface area (Å²) in [5.41, 5.74) is 9.68. The Kier molecular flexibility index (Phi) is 8.74. The van der Waals surface area contributed by atoms with Crippen LogP contribution in [0.1, 0.15) is 105 Å². The zero-order valence-electron chi connectivity index (χ0n) is 22.7. The first-order valence-electron chi connectivity index (χ1n) is 12.5.